The number of rotatable bonds is 6. The van der Waals surface area contributed by atoms with E-state index in [1.807, 2.05) is 36.2 Å². The molecule has 158 valence electrons. The Bertz CT molecular complexity index is 911. The predicted octanol–water partition coefficient (Wildman–Crippen LogP) is 4.16. The molecular formula is C24H29N3O2S. The number of benzene rings is 2. The van der Waals surface area contributed by atoms with E-state index in [1.54, 1.807) is 16.7 Å². The first kappa shape index (κ1) is 20.8. The number of amides is 2. The van der Waals surface area contributed by atoms with Crippen molar-refractivity contribution in [3.05, 3.63) is 54.1 Å². The molecule has 1 saturated heterocycles. The second kappa shape index (κ2) is 9.56. The molecular weight excluding hydrogens is 394 g/mol. The summed E-state index contributed by atoms with van der Waals surface area (Å²) >= 11 is 1.78. The lowest BCUT2D eigenvalue weighted by Crippen LogP contribution is -2.36. The van der Waals surface area contributed by atoms with Gasteiger partial charge in [0.25, 0.3) is 0 Å². The zero-order valence-corrected chi connectivity index (χ0v) is 18.4. The van der Waals surface area contributed by atoms with Crippen LogP contribution in [0.5, 0.6) is 0 Å². The van der Waals surface area contributed by atoms with Crippen LogP contribution < -0.4 is 9.80 Å². The second-order valence-electron chi connectivity index (χ2n) is 7.93. The van der Waals surface area contributed by atoms with Gasteiger partial charge in [-0.05, 0) is 36.6 Å². The van der Waals surface area contributed by atoms with Gasteiger partial charge in [0, 0.05) is 62.4 Å². The fourth-order valence-electron chi connectivity index (χ4n) is 4.22. The minimum atomic E-state index is 0.0132. The number of para-hydroxylation sites is 2. The van der Waals surface area contributed by atoms with E-state index in [9.17, 15) is 9.59 Å². The summed E-state index contributed by atoms with van der Waals surface area (Å²) in [5, 5.41) is 0. The van der Waals surface area contributed by atoms with Crippen LogP contribution in [-0.2, 0) is 16.1 Å². The summed E-state index contributed by atoms with van der Waals surface area (Å²) < 4.78 is 0. The van der Waals surface area contributed by atoms with Gasteiger partial charge in [0.05, 0.1) is 5.69 Å². The third-order valence-electron chi connectivity index (χ3n) is 5.85. The van der Waals surface area contributed by atoms with E-state index < -0.39 is 0 Å². The standard InChI is InChI=1S/C24H29N3O2S/c1-25(18-19-8-2-3-9-20(19)26-14-6-7-15-26)23(28)12-13-24(29)27-16-17-30-22-11-5-4-10-21(22)27/h2-5,8-11H,6-7,12-18H2,1H3. The van der Waals surface area contributed by atoms with Gasteiger partial charge in [0.2, 0.25) is 11.8 Å². The van der Waals surface area contributed by atoms with Crippen molar-refractivity contribution in [2.75, 3.05) is 42.2 Å². The molecule has 0 atom stereocenters. The van der Waals surface area contributed by atoms with Crippen LogP contribution in [0, 0.1) is 0 Å². The third-order valence-corrected chi connectivity index (χ3v) is 6.90. The Labute approximate surface area is 183 Å². The number of nitrogens with zero attached hydrogens (tertiary/aromatic N) is 3. The van der Waals surface area contributed by atoms with Crippen LogP contribution >= 0.6 is 11.8 Å². The van der Waals surface area contributed by atoms with Gasteiger partial charge in [-0.25, -0.2) is 0 Å². The molecule has 0 bridgehead atoms. The molecule has 0 radical (unpaired) electrons. The molecule has 2 aromatic rings. The van der Waals surface area contributed by atoms with Gasteiger partial charge in [-0.1, -0.05) is 30.3 Å². The number of fused-ring (bicyclic) bond motifs is 1. The summed E-state index contributed by atoms with van der Waals surface area (Å²) in [5.74, 6) is 0.936. The number of hydrogen-bond donors (Lipinski definition) is 0. The van der Waals surface area contributed by atoms with Crippen LogP contribution in [-0.4, -0.2) is 49.1 Å². The first-order chi connectivity index (χ1) is 14.6. The number of carbonyl (C=O) groups is 2. The van der Waals surface area contributed by atoms with Crippen molar-refractivity contribution >= 4 is 35.0 Å². The van der Waals surface area contributed by atoms with Gasteiger partial charge in [-0.2, -0.15) is 0 Å². The molecule has 0 aliphatic carbocycles. The zero-order chi connectivity index (χ0) is 20.9. The Morgan fingerprint density at radius 2 is 1.63 bits per heavy atom. The van der Waals surface area contributed by atoms with Crippen molar-refractivity contribution in [1.82, 2.24) is 4.90 Å². The molecule has 30 heavy (non-hydrogen) atoms. The molecule has 1 fully saturated rings. The van der Waals surface area contributed by atoms with Crippen LogP contribution in [0.2, 0.25) is 0 Å². The highest BCUT2D eigenvalue weighted by molar-refractivity contribution is 7.99. The summed E-state index contributed by atoms with van der Waals surface area (Å²) in [5.41, 5.74) is 3.37. The van der Waals surface area contributed by atoms with Crippen molar-refractivity contribution in [3.8, 4) is 0 Å². The van der Waals surface area contributed by atoms with E-state index >= 15 is 0 Å². The molecule has 2 aliphatic rings. The molecule has 0 unspecified atom stereocenters. The summed E-state index contributed by atoms with van der Waals surface area (Å²) in [6.45, 7) is 3.44. The lowest BCUT2D eigenvalue weighted by molar-refractivity contribution is -0.132. The van der Waals surface area contributed by atoms with Crippen LogP contribution in [0.4, 0.5) is 11.4 Å². The van der Waals surface area contributed by atoms with E-state index in [0.717, 1.165) is 29.4 Å². The SMILES string of the molecule is CN(Cc1ccccc1N1CCCC1)C(=O)CCC(=O)N1CCSc2ccccc21. The van der Waals surface area contributed by atoms with Crippen molar-refractivity contribution in [3.63, 3.8) is 0 Å². The summed E-state index contributed by atoms with van der Waals surface area (Å²) in [6, 6.07) is 16.3. The smallest absolute Gasteiger partial charge is 0.227 e. The lowest BCUT2D eigenvalue weighted by atomic mass is 10.1. The highest BCUT2D eigenvalue weighted by atomic mass is 32.2. The zero-order valence-electron chi connectivity index (χ0n) is 17.5. The fraction of sp³-hybridized carbons (Fsp3) is 0.417. The molecule has 4 rings (SSSR count). The van der Waals surface area contributed by atoms with Crippen molar-refractivity contribution in [1.29, 1.82) is 0 Å². The summed E-state index contributed by atoms with van der Waals surface area (Å²) in [6.07, 6.45) is 2.94. The lowest BCUT2D eigenvalue weighted by Gasteiger charge is -2.29. The van der Waals surface area contributed by atoms with Gasteiger partial charge in [-0.15, -0.1) is 11.8 Å². The maximum atomic E-state index is 12.8. The monoisotopic (exact) mass is 423 g/mol. The third kappa shape index (κ3) is 4.64. The Balaban J connectivity index is 1.34. The van der Waals surface area contributed by atoms with E-state index in [1.165, 1.54) is 24.1 Å². The first-order valence-corrected chi connectivity index (χ1v) is 11.7. The first-order valence-electron chi connectivity index (χ1n) is 10.7. The minimum Gasteiger partial charge on any atom is -0.371 e. The van der Waals surface area contributed by atoms with Crippen LogP contribution in [0.1, 0.15) is 31.2 Å². The molecule has 0 saturated carbocycles. The van der Waals surface area contributed by atoms with Gasteiger partial charge in [0.1, 0.15) is 0 Å². The summed E-state index contributed by atoms with van der Waals surface area (Å²) in [7, 11) is 1.83. The van der Waals surface area contributed by atoms with Gasteiger partial charge in [0.15, 0.2) is 0 Å². The van der Waals surface area contributed by atoms with Crippen LogP contribution in [0.25, 0.3) is 0 Å². The van der Waals surface area contributed by atoms with Gasteiger partial charge in [-0.3, -0.25) is 9.59 Å². The molecule has 2 aliphatic heterocycles. The topological polar surface area (TPSA) is 43.9 Å². The predicted molar refractivity (Wildman–Crippen MR) is 123 cm³/mol. The largest absolute Gasteiger partial charge is 0.371 e. The highest BCUT2D eigenvalue weighted by Crippen LogP contribution is 2.34. The fourth-order valence-corrected chi connectivity index (χ4v) is 5.22. The Morgan fingerprint density at radius 3 is 2.43 bits per heavy atom. The number of anilines is 2. The van der Waals surface area contributed by atoms with E-state index in [4.69, 9.17) is 0 Å². The van der Waals surface area contributed by atoms with Gasteiger partial charge >= 0.3 is 0 Å². The maximum absolute atomic E-state index is 12.8. The second-order valence-corrected chi connectivity index (χ2v) is 9.07. The van der Waals surface area contributed by atoms with Gasteiger partial charge < -0.3 is 14.7 Å². The van der Waals surface area contributed by atoms with Crippen molar-refractivity contribution in [2.45, 2.75) is 37.1 Å². The number of carbonyl (C=O) groups excluding carboxylic acids is 2. The Kier molecular flexibility index (Phi) is 6.62. The maximum Gasteiger partial charge on any atom is 0.227 e. The number of thioether (sulfide) groups is 1. The molecule has 0 spiro atoms. The summed E-state index contributed by atoms with van der Waals surface area (Å²) in [4.78, 5) is 32.7. The Morgan fingerprint density at radius 1 is 0.933 bits per heavy atom. The van der Waals surface area contributed by atoms with E-state index in [-0.39, 0.29) is 24.7 Å². The Hall–Kier alpha value is -2.47. The normalized spacial score (nSPS) is 15.8. The van der Waals surface area contributed by atoms with Crippen molar-refractivity contribution < 1.29 is 9.59 Å². The molecule has 6 heteroatoms. The van der Waals surface area contributed by atoms with Crippen LogP contribution in [0.15, 0.2) is 53.4 Å². The van der Waals surface area contributed by atoms with Crippen LogP contribution in [0.3, 0.4) is 0 Å². The molecule has 2 amide bonds. The molecule has 5 nitrogen and oxygen atoms in total. The highest BCUT2D eigenvalue weighted by Gasteiger charge is 2.24. The number of hydrogen-bond acceptors (Lipinski definition) is 4. The van der Waals surface area contributed by atoms with E-state index in [0.29, 0.717) is 13.1 Å². The molecule has 2 heterocycles. The average molecular weight is 424 g/mol. The quantitative estimate of drug-likeness (QED) is 0.700. The minimum absolute atomic E-state index is 0.0132. The average Bonchev–Trinajstić information content (AvgIpc) is 3.32. The van der Waals surface area contributed by atoms with Crippen molar-refractivity contribution in [2.24, 2.45) is 0 Å². The van der Waals surface area contributed by atoms with E-state index in [2.05, 4.69) is 29.2 Å². The molecule has 2 aromatic carbocycles. The molecule has 0 N–H and O–H groups in total. The molecule has 0 aromatic heterocycles.